The first-order valence-electron chi connectivity index (χ1n) is 2.83. The van der Waals surface area contributed by atoms with Gasteiger partial charge in [-0.2, -0.15) is 0 Å². The summed E-state index contributed by atoms with van der Waals surface area (Å²) in [6.45, 7) is 0. The third-order valence-electron chi connectivity index (χ3n) is 1.20. The molecule has 0 heterocycles. The fraction of sp³-hybridized carbons (Fsp3) is 0. The Labute approximate surface area is 74.9 Å². The lowest BCUT2D eigenvalue weighted by Gasteiger charge is -2.06. The summed E-state index contributed by atoms with van der Waals surface area (Å²) < 4.78 is 12.5. The summed E-state index contributed by atoms with van der Waals surface area (Å²) in [6, 6.07) is 1.42. The molecule has 0 aliphatic heterocycles. The minimum atomic E-state index is -0.930. The summed E-state index contributed by atoms with van der Waals surface area (Å²) in [5.74, 6) is -1.73. The molecule has 0 fully saturated rings. The van der Waals surface area contributed by atoms with Gasteiger partial charge in [0.05, 0.1) is 9.40 Å². The van der Waals surface area contributed by atoms with Crippen LogP contribution in [0.3, 0.4) is 0 Å². The summed E-state index contributed by atoms with van der Waals surface area (Å²) in [6.07, 6.45) is 0. The normalized spacial score (nSPS) is 9.83. The molecule has 6 heteroatoms. The maximum atomic E-state index is 12.6. The zero-order chi connectivity index (χ0) is 9.30. The number of nitrogens with zero attached hydrogens (tertiary/aromatic N) is 1. The van der Waals surface area contributed by atoms with Gasteiger partial charge in [-0.05, 0) is 27.7 Å². The minimum Gasteiger partial charge on any atom is -0.868 e. The molecule has 0 spiro atoms. The Bertz CT molecular complexity index is 342. The van der Waals surface area contributed by atoms with Gasteiger partial charge in [0.1, 0.15) is 5.82 Å². The van der Waals surface area contributed by atoms with Gasteiger partial charge in [0, 0.05) is 6.07 Å². The van der Waals surface area contributed by atoms with Crippen LogP contribution in [0, 0.1) is 15.9 Å². The lowest BCUT2D eigenvalue weighted by Crippen LogP contribution is -1.98. The summed E-state index contributed by atoms with van der Waals surface area (Å²) in [5, 5.41) is 20.9. The van der Waals surface area contributed by atoms with Gasteiger partial charge < -0.3 is 5.11 Å². The molecule has 0 aliphatic rings. The second-order valence-electron chi connectivity index (χ2n) is 1.99. The topological polar surface area (TPSA) is 66.2 Å². The van der Waals surface area contributed by atoms with E-state index in [-0.39, 0.29) is 4.47 Å². The molecule has 0 saturated heterocycles. The Morgan fingerprint density at radius 2 is 2.08 bits per heavy atom. The van der Waals surface area contributed by atoms with Gasteiger partial charge in [-0.1, -0.05) is 0 Å². The molecule has 0 aromatic heterocycles. The average molecular weight is 235 g/mol. The fourth-order valence-electron chi connectivity index (χ4n) is 0.661. The number of halogens is 2. The van der Waals surface area contributed by atoms with Crippen LogP contribution in [-0.4, -0.2) is 4.92 Å². The number of nitro groups is 1. The van der Waals surface area contributed by atoms with E-state index in [1.54, 1.807) is 0 Å². The first kappa shape index (κ1) is 8.92. The van der Waals surface area contributed by atoms with Crippen molar-refractivity contribution in [3.05, 3.63) is 32.5 Å². The van der Waals surface area contributed by atoms with Crippen molar-refractivity contribution in [1.82, 2.24) is 0 Å². The highest BCUT2D eigenvalue weighted by Gasteiger charge is 2.10. The van der Waals surface area contributed by atoms with Crippen LogP contribution in [0.25, 0.3) is 0 Å². The van der Waals surface area contributed by atoms with Crippen molar-refractivity contribution in [2.75, 3.05) is 0 Å². The van der Waals surface area contributed by atoms with Gasteiger partial charge in [0.15, 0.2) is 0 Å². The van der Waals surface area contributed by atoms with Crippen molar-refractivity contribution in [3.63, 3.8) is 0 Å². The molecule has 0 amide bonds. The quantitative estimate of drug-likeness (QED) is 0.548. The van der Waals surface area contributed by atoms with E-state index in [0.29, 0.717) is 6.07 Å². The van der Waals surface area contributed by atoms with Crippen molar-refractivity contribution in [2.45, 2.75) is 0 Å². The highest BCUT2D eigenvalue weighted by Crippen LogP contribution is 2.28. The van der Waals surface area contributed by atoms with Crippen molar-refractivity contribution < 1.29 is 14.4 Å². The SMILES string of the molecule is O=[N+]([O-])c1cc(Br)c(F)cc1[O-]. The molecule has 0 saturated carbocycles. The van der Waals surface area contributed by atoms with E-state index in [9.17, 15) is 19.6 Å². The molecule has 0 bridgehead atoms. The number of nitro benzene ring substituents is 1. The maximum Gasteiger partial charge on any atom is 0.263 e. The van der Waals surface area contributed by atoms with Crippen LogP contribution in [-0.2, 0) is 0 Å². The van der Waals surface area contributed by atoms with Crippen LogP contribution in [0.5, 0.6) is 5.75 Å². The summed E-state index contributed by atoms with van der Waals surface area (Å²) in [4.78, 5) is 9.29. The van der Waals surface area contributed by atoms with Crippen LogP contribution < -0.4 is 5.11 Å². The van der Waals surface area contributed by atoms with Gasteiger partial charge in [0.2, 0.25) is 0 Å². The second-order valence-corrected chi connectivity index (χ2v) is 2.85. The van der Waals surface area contributed by atoms with Crippen molar-refractivity contribution >= 4 is 21.6 Å². The Kier molecular flexibility index (Phi) is 2.27. The van der Waals surface area contributed by atoms with E-state index >= 15 is 0 Å². The van der Waals surface area contributed by atoms with Crippen LogP contribution in [0.4, 0.5) is 10.1 Å². The maximum absolute atomic E-state index is 12.6. The molecule has 0 unspecified atom stereocenters. The lowest BCUT2D eigenvalue weighted by atomic mass is 10.3. The lowest BCUT2D eigenvalue weighted by molar-refractivity contribution is -0.398. The van der Waals surface area contributed by atoms with E-state index in [1.807, 2.05) is 0 Å². The summed E-state index contributed by atoms with van der Waals surface area (Å²) in [5.41, 5.74) is -0.636. The van der Waals surface area contributed by atoms with Crippen LogP contribution in [0.1, 0.15) is 0 Å². The predicted octanol–water partition coefficient (Wildman–Crippen LogP) is 1.57. The molecular weight excluding hydrogens is 233 g/mol. The number of benzene rings is 1. The molecule has 4 nitrogen and oxygen atoms in total. The second kappa shape index (κ2) is 3.06. The highest BCUT2D eigenvalue weighted by molar-refractivity contribution is 9.10. The molecule has 1 rings (SSSR count). The molecule has 1 aromatic carbocycles. The molecule has 0 radical (unpaired) electrons. The summed E-state index contributed by atoms with van der Waals surface area (Å²) >= 11 is 2.73. The van der Waals surface area contributed by atoms with E-state index in [0.717, 1.165) is 6.07 Å². The zero-order valence-corrected chi connectivity index (χ0v) is 7.17. The van der Waals surface area contributed by atoms with Gasteiger partial charge in [-0.15, -0.1) is 0 Å². The standard InChI is InChI=1S/C6H3BrFNO3/c7-3-1-5(9(11)12)6(10)2-4(3)8/h1-2,10H/p-1. The Balaban J connectivity index is 3.33. The number of hydrogen-bond donors (Lipinski definition) is 0. The van der Waals surface area contributed by atoms with Gasteiger partial charge in [0.25, 0.3) is 5.69 Å². The Hall–Kier alpha value is -1.17. The summed E-state index contributed by atoms with van der Waals surface area (Å²) in [7, 11) is 0. The van der Waals surface area contributed by atoms with Crippen LogP contribution in [0.2, 0.25) is 0 Å². The molecule has 12 heavy (non-hydrogen) atoms. The predicted molar refractivity (Wildman–Crippen MR) is 40.2 cm³/mol. The van der Waals surface area contributed by atoms with E-state index < -0.39 is 22.2 Å². The van der Waals surface area contributed by atoms with Gasteiger partial charge in [-0.3, -0.25) is 10.1 Å². The average Bonchev–Trinajstić information content (AvgIpc) is 1.96. The number of hydrogen-bond acceptors (Lipinski definition) is 3. The van der Waals surface area contributed by atoms with Crippen LogP contribution >= 0.6 is 15.9 Å². The van der Waals surface area contributed by atoms with E-state index in [1.165, 1.54) is 0 Å². The third kappa shape index (κ3) is 1.53. The smallest absolute Gasteiger partial charge is 0.263 e. The van der Waals surface area contributed by atoms with Gasteiger partial charge >= 0.3 is 0 Å². The van der Waals surface area contributed by atoms with Crippen molar-refractivity contribution in [2.24, 2.45) is 0 Å². The highest BCUT2D eigenvalue weighted by atomic mass is 79.9. The zero-order valence-electron chi connectivity index (χ0n) is 5.58. The Morgan fingerprint density at radius 1 is 1.50 bits per heavy atom. The van der Waals surface area contributed by atoms with Crippen LogP contribution in [0.15, 0.2) is 16.6 Å². The molecule has 64 valence electrons. The van der Waals surface area contributed by atoms with E-state index in [4.69, 9.17) is 0 Å². The minimum absolute atomic E-state index is 0.0891. The largest absolute Gasteiger partial charge is 0.868 e. The van der Waals surface area contributed by atoms with Crippen molar-refractivity contribution in [3.8, 4) is 5.75 Å². The van der Waals surface area contributed by atoms with E-state index in [2.05, 4.69) is 15.9 Å². The molecule has 0 N–H and O–H groups in total. The first-order valence-corrected chi connectivity index (χ1v) is 3.62. The van der Waals surface area contributed by atoms with Crippen molar-refractivity contribution in [1.29, 1.82) is 0 Å². The monoisotopic (exact) mass is 234 g/mol. The molecule has 0 aliphatic carbocycles. The van der Waals surface area contributed by atoms with Gasteiger partial charge in [-0.25, -0.2) is 4.39 Å². The third-order valence-corrected chi connectivity index (χ3v) is 1.81. The molecule has 0 atom stereocenters. The Morgan fingerprint density at radius 3 is 2.58 bits per heavy atom. The first-order chi connectivity index (χ1) is 5.52. The molecular formula is C6H2BrFNO3-. The fourth-order valence-corrected chi connectivity index (χ4v) is 0.992. The number of rotatable bonds is 1. The molecule has 1 aromatic rings.